The standard InChI is InChI=1S/C16H25N/c1-14(12-15-8-4-2-5-9-15)17-13-16-10-6-3-7-11-16/h3,6-7,10-11,14-15,17H,2,4-5,8-9,12-13H2,1H3/t14-/m0/s1. The van der Waals surface area contributed by atoms with E-state index in [1.165, 1.54) is 44.1 Å². The van der Waals surface area contributed by atoms with Crippen molar-refractivity contribution in [2.45, 2.75) is 58.0 Å². The zero-order chi connectivity index (χ0) is 11.9. The summed E-state index contributed by atoms with van der Waals surface area (Å²) in [6.45, 7) is 3.34. The predicted molar refractivity (Wildman–Crippen MR) is 73.9 cm³/mol. The first-order valence-electron chi connectivity index (χ1n) is 7.12. The second-order valence-electron chi connectivity index (χ2n) is 5.51. The molecule has 0 unspecified atom stereocenters. The van der Waals surface area contributed by atoms with Gasteiger partial charge in [0, 0.05) is 12.6 Å². The monoisotopic (exact) mass is 231 g/mol. The van der Waals surface area contributed by atoms with E-state index in [2.05, 4.69) is 42.6 Å². The highest BCUT2D eigenvalue weighted by atomic mass is 14.9. The first-order valence-corrected chi connectivity index (χ1v) is 7.12. The Hall–Kier alpha value is -0.820. The lowest BCUT2D eigenvalue weighted by molar-refractivity contribution is 0.304. The average molecular weight is 231 g/mol. The maximum absolute atomic E-state index is 3.65. The topological polar surface area (TPSA) is 12.0 Å². The molecule has 0 saturated heterocycles. The minimum absolute atomic E-state index is 0.651. The Bertz CT molecular complexity index is 301. The Morgan fingerprint density at radius 1 is 1.12 bits per heavy atom. The molecule has 0 amide bonds. The molecule has 1 aromatic rings. The lowest BCUT2D eigenvalue weighted by Crippen LogP contribution is -2.28. The van der Waals surface area contributed by atoms with Crippen LogP contribution in [0.4, 0.5) is 0 Å². The molecule has 1 fully saturated rings. The second-order valence-corrected chi connectivity index (χ2v) is 5.51. The largest absolute Gasteiger partial charge is 0.310 e. The fourth-order valence-electron chi connectivity index (χ4n) is 2.89. The van der Waals surface area contributed by atoms with E-state index in [1.807, 2.05) is 0 Å². The van der Waals surface area contributed by atoms with Gasteiger partial charge >= 0.3 is 0 Å². The van der Waals surface area contributed by atoms with Crippen molar-refractivity contribution in [1.29, 1.82) is 0 Å². The third kappa shape index (κ3) is 4.51. The van der Waals surface area contributed by atoms with E-state index in [0.717, 1.165) is 12.5 Å². The van der Waals surface area contributed by atoms with E-state index in [-0.39, 0.29) is 0 Å². The molecule has 1 heteroatoms. The van der Waals surface area contributed by atoms with Crippen LogP contribution in [0.5, 0.6) is 0 Å². The zero-order valence-corrected chi connectivity index (χ0v) is 11.0. The maximum Gasteiger partial charge on any atom is 0.0207 e. The molecule has 0 aromatic heterocycles. The van der Waals surface area contributed by atoms with Gasteiger partial charge < -0.3 is 5.32 Å². The number of rotatable bonds is 5. The summed E-state index contributed by atoms with van der Waals surface area (Å²) >= 11 is 0. The highest BCUT2D eigenvalue weighted by molar-refractivity contribution is 5.14. The van der Waals surface area contributed by atoms with Crippen molar-refractivity contribution in [2.24, 2.45) is 5.92 Å². The van der Waals surface area contributed by atoms with E-state index in [9.17, 15) is 0 Å². The van der Waals surface area contributed by atoms with Crippen LogP contribution >= 0.6 is 0 Å². The number of hydrogen-bond donors (Lipinski definition) is 1. The average Bonchev–Trinajstić information content (AvgIpc) is 2.39. The van der Waals surface area contributed by atoms with Crippen molar-refractivity contribution in [3.05, 3.63) is 35.9 Å². The Kier molecular flexibility index (Phi) is 5.06. The minimum atomic E-state index is 0.651. The second kappa shape index (κ2) is 6.80. The van der Waals surface area contributed by atoms with Crippen molar-refractivity contribution in [2.75, 3.05) is 0 Å². The van der Waals surface area contributed by atoms with Gasteiger partial charge in [0.1, 0.15) is 0 Å². The van der Waals surface area contributed by atoms with E-state index in [4.69, 9.17) is 0 Å². The summed E-state index contributed by atoms with van der Waals surface area (Å²) in [5.74, 6) is 0.974. The fraction of sp³-hybridized carbons (Fsp3) is 0.625. The normalized spacial score (nSPS) is 19.1. The molecule has 1 aliphatic carbocycles. The Balaban J connectivity index is 1.68. The van der Waals surface area contributed by atoms with Crippen LogP contribution in [0, 0.1) is 5.92 Å². The molecule has 1 aromatic carbocycles. The quantitative estimate of drug-likeness (QED) is 0.803. The SMILES string of the molecule is C[C@@H](CC1CCCCC1)NCc1ccccc1. The molecule has 1 atom stereocenters. The number of nitrogens with one attached hydrogen (secondary N) is 1. The first kappa shape index (κ1) is 12.6. The molecule has 1 aliphatic rings. The van der Waals surface area contributed by atoms with Gasteiger partial charge in [-0.3, -0.25) is 0 Å². The Morgan fingerprint density at radius 2 is 1.82 bits per heavy atom. The van der Waals surface area contributed by atoms with Crippen molar-refractivity contribution in [1.82, 2.24) is 5.32 Å². The van der Waals surface area contributed by atoms with Crippen LogP contribution < -0.4 is 5.32 Å². The van der Waals surface area contributed by atoms with E-state index in [1.54, 1.807) is 0 Å². The van der Waals surface area contributed by atoms with Crippen LogP contribution in [0.1, 0.15) is 51.0 Å². The van der Waals surface area contributed by atoms with Gasteiger partial charge in [0.15, 0.2) is 0 Å². The van der Waals surface area contributed by atoms with Gasteiger partial charge in [-0.25, -0.2) is 0 Å². The van der Waals surface area contributed by atoms with E-state index < -0.39 is 0 Å². The van der Waals surface area contributed by atoms with Crippen molar-refractivity contribution in [3.8, 4) is 0 Å². The molecule has 0 spiro atoms. The van der Waals surface area contributed by atoms with Gasteiger partial charge in [-0.2, -0.15) is 0 Å². The van der Waals surface area contributed by atoms with Crippen LogP contribution in [0.2, 0.25) is 0 Å². The summed E-state index contributed by atoms with van der Waals surface area (Å²) in [7, 11) is 0. The van der Waals surface area contributed by atoms with E-state index in [0.29, 0.717) is 6.04 Å². The minimum Gasteiger partial charge on any atom is -0.310 e. The van der Waals surface area contributed by atoms with Crippen molar-refractivity contribution < 1.29 is 0 Å². The molecule has 1 nitrogen and oxygen atoms in total. The summed E-state index contributed by atoms with van der Waals surface area (Å²) in [4.78, 5) is 0. The molecule has 0 aliphatic heterocycles. The van der Waals surface area contributed by atoms with Crippen molar-refractivity contribution >= 4 is 0 Å². The van der Waals surface area contributed by atoms with Gasteiger partial charge in [0.2, 0.25) is 0 Å². The van der Waals surface area contributed by atoms with Gasteiger partial charge in [-0.1, -0.05) is 62.4 Å². The fourth-order valence-corrected chi connectivity index (χ4v) is 2.89. The lowest BCUT2D eigenvalue weighted by atomic mass is 9.85. The molecule has 0 heterocycles. The van der Waals surface area contributed by atoms with Gasteiger partial charge in [0.05, 0.1) is 0 Å². The smallest absolute Gasteiger partial charge is 0.0207 e. The Labute approximate surface area is 106 Å². The molecule has 1 saturated carbocycles. The maximum atomic E-state index is 3.65. The van der Waals surface area contributed by atoms with E-state index >= 15 is 0 Å². The van der Waals surface area contributed by atoms with Crippen LogP contribution in [0.25, 0.3) is 0 Å². The summed E-state index contributed by atoms with van der Waals surface area (Å²) in [6.07, 6.45) is 8.63. The first-order chi connectivity index (χ1) is 8.34. The highest BCUT2D eigenvalue weighted by Gasteiger charge is 2.15. The lowest BCUT2D eigenvalue weighted by Gasteiger charge is -2.25. The third-order valence-corrected chi connectivity index (χ3v) is 3.91. The zero-order valence-electron chi connectivity index (χ0n) is 11.0. The molecular weight excluding hydrogens is 206 g/mol. The molecule has 0 bridgehead atoms. The van der Waals surface area contributed by atoms with Crippen LogP contribution in [0.3, 0.4) is 0 Å². The number of benzene rings is 1. The third-order valence-electron chi connectivity index (χ3n) is 3.91. The summed E-state index contributed by atoms with van der Waals surface area (Å²) in [6, 6.07) is 11.3. The van der Waals surface area contributed by atoms with Crippen molar-refractivity contribution in [3.63, 3.8) is 0 Å². The van der Waals surface area contributed by atoms with Gasteiger partial charge in [-0.15, -0.1) is 0 Å². The molecule has 17 heavy (non-hydrogen) atoms. The molecule has 0 radical (unpaired) electrons. The van der Waals surface area contributed by atoms with Crippen LogP contribution in [-0.2, 0) is 6.54 Å². The molecule has 1 N–H and O–H groups in total. The Morgan fingerprint density at radius 3 is 2.53 bits per heavy atom. The number of hydrogen-bond acceptors (Lipinski definition) is 1. The molecule has 2 rings (SSSR count). The van der Waals surface area contributed by atoms with Crippen LogP contribution in [-0.4, -0.2) is 6.04 Å². The summed E-state index contributed by atoms with van der Waals surface area (Å²) < 4.78 is 0. The predicted octanol–water partition coefficient (Wildman–Crippen LogP) is 4.14. The van der Waals surface area contributed by atoms with Gasteiger partial charge in [0.25, 0.3) is 0 Å². The summed E-state index contributed by atoms with van der Waals surface area (Å²) in [5, 5.41) is 3.65. The highest BCUT2D eigenvalue weighted by Crippen LogP contribution is 2.27. The van der Waals surface area contributed by atoms with Gasteiger partial charge in [-0.05, 0) is 24.8 Å². The molecule has 94 valence electrons. The summed E-state index contributed by atoms with van der Waals surface area (Å²) in [5.41, 5.74) is 1.39. The molecular formula is C16H25N. The van der Waals surface area contributed by atoms with Crippen LogP contribution in [0.15, 0.2) is 30.3 Å².